The molecule has 2 aromatic rings. The summed E-state index contributed by atoms with van der Waals surface area (Å²) >= 11 is 6.77. The fraction of sp³-hybridized carbons (Fsp3) is 0.0769. The van der Waals surface area contributed by atoms with Crippen molar-refractivity contribution >= 4 is 43.2 Å². The minimum atomic E-state index is -0.841. The summed E-state index contributed by atoms with van der Waals surface area (Å²) in [6.45, 7) is 0.481. The van der Waals surface area contributed by atoms with Crippen LogP contribution in [0.1, 0.15) is 5.56 Å². The minimum Gasteiger partial charge on any atom is -0.381 e. The number of anilines is 1. The standard InChI is InChI=1S/C13H9Br2FN2O2/c14-10-3-1-8(5-11(10)15)7-17-9-2-4-12(16)13(6-9)18(19)20/h1-6,17H,7H2. The number of halogens is 3. The van der Waals surface area contributed by atoms with Crippen LogP contribution in [0.4, 0.5) is 15.8 Å². The number of nitro benzene ring substituents is 1. The van der Waals surface area contributed by atoms with Gasteiger partial charge in [0.2, 0.25) is 5.82 Å². The Bertz CT molecular complexity index is 665. The Kier molecular flexibility index (Phi) is 4.72. The zero-order chi connectivity index (χ0) is 14.7. The van der Waals surface area contributed by atoms with Crippen LogP contribution < -0.4 is 5.32 Å². The molecule has 0 heterocycles. The quantitative estimate of drug-likeness (QED) is 0.585. The zero-order valence-electron chi connectivity index (χ0n) is 10.1. The third kappa shape index (κ3) is 3.55. The maximum absolute atomic E-state index is 13.2. The molecule has 0 unspecified atom stereocenters. The Morgan fingerprint density at radius 3 is 2.55 bits per heavy atom. The summed E-state index contributed by atoms with van der Waals surface area (Å²) in [5.74, 6) is -0.841. The third-order valence-corrected chi connectivity index (χ3v) is 4.50. The largest absolute Gasteiger partial charge is 0.381 e. The number of nitro groups is 1. The van der Waals surface area contributed by atoms with E-state index in [2.05, 4.69) is 37.2 Å². The van der Waals surface area contributed by atoms with Crippen LogP contribution in [0.15, 0.2) is 45.3 Å². The average Bonchev–Trinajstić information content (AvgIpc) is 2.41. The van der Waals surface area contributed by atoms with E-state index < -0.39 is 16.4 Å². The highest BCUT2D eigenvalue weighted by molar-refractivity contribution is 9.13. The number of nitrogens with zero attached hydrogens (tertiary/aromatic N) is 1. The Morgan fingerprint density at radius 2 is 1.90 bits per heavy atom. The highest BCUT2D eigenvalue weighted by atomic mass is 79.9. The van der Waals surface area contributed by atoms with E-state index in [0.717, 1.165) is 20.6 Å². The van der Waals surface area contributed by atoms with Gasteiger partial charge in [-0.2, -0.15) is 4.39 Å². The lowest BCUT2D eigenvalue weighted by atomic mass is 10.2. The molecule has 0 atom stereocenters. The van der Waals surface area contributed by atoms with E-state index in [0.29, 0.717) is 12.2 Å². The van der Waals surface area contributed by atoms with Crippen LogP contribution in [0, 0.1) is 15.9 Å². The lowest BCUT2D eigenvalue weighted by Crippen LogP contribution is -2.01. The van der Waals surface area contributed by atoms with E-state index in [-0.39, 0.29) is 0 Å². The van der Waals surface area contributed by atoms with Gasteiger partial charge in [0.25, 0.3) is 0 Å². The van der Waals surface area contributed by atoms with Crippen molar-refractivity contribution < 1.29 is 9.31 Å². The Morgan fingerprint density at radius 1 is 1.15 bits per heavy atom. The molecule has 0 amide bonds. The molecule has 2 aromatic carbocycles. The van der Waals surface area contributed by atoms with Crippen molar-refractivity contribution in [3.63, 3.8) is 0 Å². The van der Waals surface area contributed by atoms with Gasteiger partial charge in [0.05, 0.1) is 4.92 Å². The maximum Gasteiger partial charge on any atom is 0.306 e. The van der Waals surface area contributed by atoms with Crippen molar-refractivity contribution in [3.05, 3.63) is 66.8 Å². The van der Waals surface area contributed by atoms with Gasteiger partial charge in [-0.1, -0.05) is 6.07 Å². The van der Waals surface area contributed by atoms with E-state index >= 15 is 0 Å². The summed E-state index contributed by atoms with van der Waals surface area (Å²) in [5.41, 5.74) is 0.955. The second-order valence-electron chi connectivity index (χ2n) is 4.03. The fourth-order valence-corrected chi connectivity index (χ4v) is 2.29. The predicted octanol–water partition coefficient (Wildman–Crippen LogP) is 4.87. The molecule has 0 bridgehead atoms. The lowest BCUT2D eigenvalue weighted by Gasteiger charge is -2.07. The number of benzene rings is 2. The second kappa shape index (κ2) is 6.32. The molecule has 0 saturated carbocycles. The van der Waals surface area contributed by atoms with Gasteiger partial charge in [-0.25, -0.2) is 0 Å². The van der Waals surface area contributed by atoms with Crippen LogP contribution in [-0.4, -0.2) is 4.92 Å². The molecule has 2 rings (SSSR count). The Balaban J connectivity index is 2.12. The van der Waals surface area contributed by atoms with Gasteiger partial charge in [-0.15, -0.1) is 0 Å². The van der Waals surface area contributed by atoms with Crippen LogP contribution in [0.2, 0.25) is 0 Å². The van der Waals surface area contributed by atoms with E-state index in [4.69, 9.17) is 0 Å². The molecule has 0 aromatic heterocycles. The van der Waals surface area contributed by atoms with Crippen LogP contribution in [0.5, 0.6) is 0 Å². The average molecular weight is 404 g/mol. The number of rotatable bonds is 4. The van der Waals surface area contributed by atoms with Crippen LogP contribution >= 0.6 is 31.9 Å². The number of hydrogen-bond donors (Lipinski definition) is 1. The SMILES string of the molecule is O=[N+]([O-])c1cc(NCc2ccc(Br)c(Br)c2)ccc1F. The van der Waals surface area contributed by atoms with Crippen molar-refractivity contribution in [2.24, 2.45) is 0 Å². The normalized spacial score (nSPS) is 10.3. The Labute approximate surface area is 131 Å². The van der Waals surface area contributed by atoms with E-state index in [1.54, 1.807) is 0 Å². The first-order valence-electron chi connectivity index (χ1n) is 5.59. The van der Waals surface area contributed by atoms with Crippen molar-refractivity contribution in [2.75, 3.05) is 5.32 Å². The molecule has 0 aliphatic carbocycles. The fourth-order valence-electron chi connectivity index (χ4n) is 1.62. The minimum absolute atomic E-state index is 0.481. The second-order valence-corrected chi connectivity index (χ2v) is 5.73. The van der Waals surface area contributed by atoms with Gasteiger partial charge in [0.15, 0.2) is 0 Å². The summed E-state index contributed by atoms with van der Waals surface area (Å²) < 4.78 is 15.1. The van der Waals surface area contributed by atoms with Crippen molar-refractivity contribution in [1.29, 1.82) is 0 Å². The van der Waals surface area contributed by atoms with E-state index in [1.807, 2.05) is 18.2 Å². The molecular formula is C13H9Br2FN2O2. The molecule has 4 nitrogen and oxygen atoms in total. The highest BCUT2D eigenvalue weighted by Gasteiger charge is 2.14. The van der Waals surface area contributed by atoms with E-state index in [1.165, 1.54) is 12.1 Å². The van der Waals surface area contributed by atoms with Gasteiger partial charge in [0, 0.05) is 27.2 Å². The molecular weight excluding hydrogens is 395 g/mol. The monoisotopic (exact) mass is 402 g/mol. The van der Waals surface area contributed by atoms with Crippen LogP contribution in [-0.2, 0) is 6.54 Å². The van der Waals surface area contributed by atoms with Crippen LogP contribution in [0.3, 0.4) is 0 Å². The number of hydrogen-bond acceptors (Lipinski definition) is 3. The summed E-state index contributed by atoms with van der Waals surface area (Å²) in [6, 6.07) is 9.47. The van der Waals surface area contributed by atoms with Gasteiger partial charge in [0.1, 0.15) is 0 Å². The van der Waals surface area contributed by atoms with Crippen molar-refractivity contribution in [2.45, 2.75) is 6.54 Å². The molecule has 0 spiro atoms. The van der Waals surface area contributed by atoms with Gasteiger partial charge in [-0.3, -0.25) is 10.1 Å². The Hall–Kier alpha value is -1.47. The first-order valence-corrected chi connectivity index (χ1v) is 7.17. The van der Waals surface area contributed by atoms with E-state index in [9.17, 15) is 14.5 Å². The lowest BCUT2D eigenvalue weighted by molar-refractivity contribution is -0.387. The smallest absolute Gasteiger partial charge is 0.306 e. The molecule has 0 radical (unpaired) electrons. The first kappa shape index (κ1) is 14.9. The molecule has 0 fully saturated rings. The van der Waals surface area contributed by atoms with Crippen molar-refractivity contribution in [1.82, 2.24) is 0 Å². The first-order chi connectivity index (χ1) is 9.47. The maximum atomic E-state index is 13.2. The summed E-state index contributed by atoms with van der Waals surface area (Å²) in [7, 11) is 0. The van der Waals surface area contributed by atoms with Gasteiger partial charge < -0.3 is 5.32 Å². The molecule has 0 saturated heterocycles. The molecule has 104 valence electrons. The zero-order valence-corrected chi connectivity index (χ0v) is 13.2. The summed E-state index contributed by atoms with van der Waals surface area (Å²) in [5, 5.41) is 13.7. The summed E-state index contributed by atoms with van der Waals surface area (Å²) in [4.78, 5) is 9.92. The van der Waals surface area contributed by atoms with Gasteiger partial charge in [-0.05, 0) is 61.7 Å². The van der Waals surface area contributed by atoms with Crippen molar-refractivity contribution in [3.8, 4) is 0 Å². The van der Waals surface area contributed by atoms with Gasteiger partial charge >= 0.3 is 5.69 Å². The molecule has 1 N–H and O–H groups in total. The molecule has 0 aliphatic heterocycles. The molecule has 0 aliphatic rings. The topological polar surface area (TPSA) is 55.2 Å². The highest BCUT2D eigenvalue weighted by Crippen LogP contribution is 2.25. The predicted molar refractivity (Wildman–Crippen MR) is 82.2 cm³/mol. The third-order valence-electron chi connectivity index (χ3n) is 2.62. The summed E-state index contributed by atoms with van der Waals surface area (Å²) in [6.07, 6.45) is 0. The molecule has 7 heteroatoms. The number of nitrogens with one attached hydrogen (secondary N) is 1. The molecule has 20 heavy (non-hydrogen) atoms. The van der Waals surface area contributed by atoms with Crippen LogP contribution in [0.25, 0.3) is 0 Å².